The molecule has 2 aliphatic rings. The molecule has 1 atom stereocenters. The molecular formula is C25H26FN3O. The van der Waals surface area contributed by atoms with Crippen LogP contribution >= 0.6 is 0 Å². The summed E-state index contributed by atoms with van der Waals surface area (Å²) in [6, 6.07) is 17.1. The van der Waals surface area contributed by atoms with Crippen LogP contribution < -0.4 is 4.90 Å². The smallest absolute Gasteiger partial charge is 0.230 e. The van der Waals surface area contributed by atoms with Crippen molar-refractivity contribution in [2.24, 2.45) is 5.41 Å². The van der Waals surface area contributed by atoms with Gasteiger partial charge in [-0.15, -0.1) is 0 Å². The first-order chi connectivity index (χ1) is 14.6. The second-order valence-corrected chi connectivity index (χ2v) is 8.69. The van der Waals surface area contributed by atoms with Gasteiger partial charge in [0.2, 0.25) is 5.91 Å². The van der Waals surface area contributed by atoms with Crippen LogP contribution in [0.5, 0.6) is 0 Å². The zero-order valence-electron chi connectivity index (χ0n) is 17.3. The molecule has 5 heteroatoms. The van der Waals surface area contributed by atoms with Crippen molar-refractivity contribution in [3.05, 3.63) is 71.5 Å². The van der Waals surface area contributed by atoms with Crippen LogP contribution in [0, 0.1) is 18.2 Å². The molecule has 1 spiro atoms. The summed E-state index contributed by atoms with van der Waals surface area (Å²) in [5.41, 5.74) is 2.40. The number of likely N-dealkylation sites (tertiary alicyclic amines) is 1. The van der Waals surface area contributed by atoms with Crippen molar-refractivity contribution in [2.45, 2.75) is 32.7 Å². The molecule has 4 nitrogen and oxygen atoms in total. The van der Waals surface area contributed by atoms with Crippen molar-refractivity contribution in [1.29, 1.82) is 0 Å². The number of aryl methyl sites for hydroxylation is 1. The number of fused-ring (bicyclic) bond motifs is 1. The molecule has 3 heterocycles. The number of anilines is 1. The Morgan fingerprint density at radius 3 is 2.73 bits per heavy atom. The minimum atomic E-state index is -0.384. The molecule has 154 valence electrons. The number of pyridine rings is 1. The van der Waals surface area contributed by atoms with Gasteiger partial charge in [0.25, 0.3) is 0 Å². The highest BCUT2D eigenvalue weighted by Gasteiger charge is 2.48. The molecule has 3 aromatic rings. The fourth-order valence-corrected chi connectivity index (χ4v) is 5.08. The summed E-state index contributed by atoms with van der Waals surface area (Å²) in [5, 5.41) is 1.17. The maximum atomic E-state index is 14.1. The molecule has 1 unspecified atom stereocenters. The van der Waals surface area contributed by atoms with Crippen LogP contribution in [0.15, 0.2) is 54.6 Å². The molecule has 2 saturated heterocycles. The Labute approximate surface area is 176 Å². The van der Waals surface area contributed by atoms with E-state index in [9.17, 15) is 9.18 Å². The molecule has 0 radical (unpaired) electrons. The molecule has 0 bridgehead atoms. The van der Waals surface area contributed by atoms with Crippen LogP contribution in [0.25, 0.3) is 10.9 Å². The lowest BCUT2D eigenvalue weighted by Crippen LogP contribution is -2.49. The zero-order chi connectivity index (χ0) is 20.7. The fraction of sp³-hybridized carbons (Fsp3) is 0.360. The van der Waals surface area contributed by atoms with Crippen LogP contribution in [0.1, 0.15) is 30.4 Å². The van der Waals surface area contributed by atoms with Crippen LogP contribution in [-0.4, -0.2) is 35.4 Å². The van der Waals surface area contributed by atoms with Gasteiger partial charge >= 0.3 is 0 Å². The van der Waals surface area contributed by atoms with Gasteiger partial charge in [0, 0.05) is 37.1 Å². The number of nitrogens with zero attached hydrogens (tertiary/aromatic N) is 3. The number of amides is 1. The second kappa shape index (κ2) is 7.38. The van der Waals surface area contributed by atoms with E-state index in [1.807, 2.05) is 29.2 Å². The van der Waals surface area contributed by atoms with E-state index in [0.29, 0.717) is 25.2 Å². The number of piperidine rings is 1. The average Bonchev–Trinajstić information content (AvgIpc) is 3.18. The van der Waals surface area contributed by atoms with E-state index in [1.165, 1.54) is 17.0 Å². The molecule has 1 amide bonds. The number of hydrogen-bond donors (Lipinski definition) is 0. The van der Waals surface area contributed by atoms with Gasteiger partial charge < -0.3 is 9.80 Å². The Kier molecular flexibility index (Phi) is 4.69. The van der Waals surface area contributed by atoms with Gasteiger partial charge in [-0.1, -0.05) is 36.4 Å². The summed E-state index contributed by atoms with van der Waals surface area (Å²) in [6.07, 6.45) is 2.67. The lowest BCUT2D eigenvalue weighted by Gasteiger charge is -2.39. The minimum absolute atomic E-state index is 0.164. The van der Waals surface area contributed by atoms with Crippen LogP contribution in [0.4, 0.5) is 10.2 Å². The van der Waals surface area contributed by atoms with E-state index in [2.05, 4.69) is 24.0 Å². The van der Waals surface area contributed by atoms with Crippen molar-refractivity contribution in [3.8, 4) is 0 Å². The van der Waals surface area contributed by atoms with E-state index in [1.54, 1.807) is 12.1 Å². The van der Waals surface area contributed by atoms with Gasteiger partial charge in [-0.05, 0) is 49.9 Å². The summed E-state index contributed by atoms with van der Waals surface area (Å²) >= 11 is 0. The third-order valence-electron chi connectivity index (χ3n) is 6.73. The van der Waals surface area contributed by atoms with Crippen molar-refractivity contribution in [3.63, 3.8) is 0 Å². The molecule has 2 aromatic carbocycles. The first-order valence-electron chi connectivity index (χ1n) is 10.7. The maximum absolute atomic E-state index is 14.1. The number of para-hydroxylation sites is 1. The van der Waals surface area contributed by atoms with Gasteiger partial charge in [-0.25, -0.2) is 9.37 Å². The number of hydrogen-bond acceptors (Lipinski definition) is 3. The SMILES string of the molecule is Cc1cc(N2CCC3(CCCN(Cc4ccccc4F)C3=O)C2)nc2ccccc12. The molecule has 0 N–H and O–H groups in total. The number of carbonyl (C=O) groups is 1. The van der Waals surface area contributed by atoms with Gasteiger partial charge in [-0.3, -0.25) is 4.79 Å². The lowest BCUT2D eigenvalue weighted by molar-refractivity contribution is -0.145. The summed E-state index contributed by atoms with van der Waals surface area (Å²) < 4.78 is 14.1. The van der Waals surface area contributed by atoms with Crippen molar-refractivity contribution in [2.75, 3.05) is 24.5 Å². The second-order valence-electron chi connectivity index (χ2n) is 8.69. The quantitative estimate of drug-likeness (QED) is 0.636. The lowest BCUT2D eigenvalue weighted by atomic mass is 9.78. The fourth-order valence-electron chi connectivity index (χ4n) is 5.08. The third kappa shape index (κ3) is 3.22. The normalized spacial score (nSPS) is 21.7. The summed E-state index contributed by atoms with van der Waals surface area (Å²) in [7, 11) is 0. The Morgan fingerprint density at radius 1 is 1.07 bits per heavy atom. The first-order valence-corrected chi connectivity index (χ1v) is 10.7. The van der Waals surface area contributed by atoms with E-state index in [0.717, 1.165) is 37.1 Å². The summed E-state index contributed by atoms with van der Waals surface area (Å²) in [5.74, 6) is 0.868. The summed E-state index contributed by atoms with van der Waals surface area (Å²) in [4.78, 5) is 22.5. The number of halogens is 1. The number of rotatable bonds is 3. The van der Waals surface area contributed by atoms with Gasteiger partial charge in [0.1, 0.15) is 11.6 Å². The first kappa shape index (κ1) is 19.0. The molecular weight excluding hydrogens is 377 g/mol. The van der Waals surface area contributed by atoms with E-state index in [-0.39, 0.29) is 17.1 Å². The number of aromatic nitrogens is 1. The monoisotopic (exact) mass is 403 g/mol. The number of carbonyl (C=O) groups excluding carboxylic acids is 1. The highest BCUT2D eigenvalue weighted by molar-refractivity contribution is 5.86. The van der Waals surface area contributed by atoms with Crippen molar-refractivity contribution < 1.29 is 9.18 Å². The number of benzene rings is 2. The molecule has 2 aliphatic heterocycles. The Hall–Kier alpha value is -2.95. The predicted octanol–water partition coefficient (Wildman–Crippen LogP) is 4.70. The highest BCUT2D eigenvalue weighted by atomic mass is 19.1. The van der Waals surface area contributed by atoms with E-state index >= 15 is 0 Å². The van der Waals surface area contributed by atoms with Gasteiger partial charge in [0.15, 0.2) is 0 Å². The Bertz CT molecular complexity index is 1110. The van der Waals surface area contributed by atoms with Crippen molar-refractivity contribution in [1.82, 2.24) is 9.88 Å². The molecule has 2 fully saturated rings. The largest absolute Gasteiger partial charge is 0.355 e. The predicted molar refractivity (Wildman–Crippen MR) is 117 cm³/mol. The molecule has 30 heavy (non-hydrogen) atoms. The van der Waals surface area contributed by atoms with Crippen LogP contribution in [0.2, 0.25) is 0 Å². The molecule has 5 rings (SSSR count). The maximum Gasteiger partial charge on any atom is 0.230 e. The van der Waals surface area contributed by atoms with Gasteiger partial charge in [-0.2, -0.15) is 0 Å². The van der Waals surface area contributed by atoms with Crippen LogP contribution in [-0.2, 0) is 11.3 Å². The topological polar surface area (TPSA) is 36.4 Å². The average molecular weight is 404 g/mol. The Balaban J connectivity index is 1.38. The minimum Gasteiger partial charge on any atom is -0.355 e. The van der Waals surface area contributed by atoms with E-state index in [4.69, 9.17) is 4.98 Å². The highest BCUT2D eigenvalue weighted by Crippen LogP contribution is 2.42. The molecule has 1 aromatic heterocycles. The molecule has 0 aliphatic carbocycles. The van der Waals surface area contributed by atoms with Gasteiger partial charge in [0.05, 0.1) is 10.9 Å². The standard InChI is InChI=1S/C25H26FN3O/c1-18-15-23(27-22-10-5-3-8-20(18)22)29-14-12-25(17-29)11-6-13-28(24(25)30)16-19-7-2-4-9-21(19)26/h2-5,7-10,15H,6,11-14,16-17H2,1H3. The Morgan fingerprint density at radius 2 is 1.87 bits per heavy atom. The van der Waals surface area contributed by atoms with Crippen molar-refractivity contribution >= 4 is 22.6 Å². The van der Waals surface area contributed by atoms with Crippen LogP contribution in [0.3, 0.4) is 0 Å². The third-order valence-corrected chi connectivity index (χ3v) is 6.73. The van der Waals surface area contributed by atoms with E-state index < -0.39 is 0 Å². The molecule has 0 saturated carbocycles. The zero-order valence-corrected chi connectivity index (χ0v) is 17.3. The summed E-state index contributed by atoms with van der Waals surface area (Å²) in [6.45, 7) is 4.67.